The van der Waals surface area contributed by atoms with Gasteiger partial charge in [0.2, 0.25) is 0 Å². The highest BCUT2D eigenvalue weighted by atomic mass is 16.5. The predicted molar refractivity (Wildman–Crippen MR) is 97.6 cm³/mol. The van der Waals surface area contributed by atoms with Crippen molar-refractivity contribution in [3.63, 3.8) is 0 Å². The highest BCUT2D eigenvalue weighted by molar-refractivity contribution is 5.69. The second-order valence-electron chi connectivity index (χ2n) is 8.61. The molecule has 0 bridgehead atoms. The number of fused-ring (bicyclic) bond motifs is 5. The van der Waals surface area contributed by atoms with Gasteiger partial charge in [0, 0.05) is 31.8 Å². The first-order valence-electron chi connectivity index (χ1n) is 10.2. The third kappa shape index (κ3) is 2.97. The number of allylic oxidation sites excluding steroid dienone is 1. The summed E-state index contributed by atoms with van der Waals surface area (Å²) in [5.41, 5.74) is 1.54. The third-order valence-corrected chi connectivity index (χ3v) is 7.53. The molecule has 0 amide bonds. The number of hydrogen-bond acceptors (Lipinski definition) is 3. The van der Waals surface area contributed by atoms with Crippen molar-refractivity contribution in [3.8, 4) is 0 Å². The lowest BCUT2D eigenvalue weighted by Gasteiger charge is -2.50. The van der Waals surface area contributed by atoms with Crippen LogP contribution in [0, 0.1) is 29.6 Å². The van der Waals surface area contributed by atoms with Crippen LogP contribution in [-0.2, 0) is 14.3 Å². The summed E-state index contributed by atoms with van der Waals surface area (Å²) in [6, 6.07) is 0. The normalized spacial score (nSPS) is 41.5. The lowest BCUT2D eigenvalue weighted by Crippen LogP contribution is -2.43. The molecule has 4 aliphatic rings. The van der Waals surface area contributed by atoms with Crippen molar-refractivity contribution in [3.05, 3.63) is 23.5 Å². The highest BCUT2D eigenvalue weighted by Gasteiger charge is 2.54. The van der Waals surface area contributed by atoms with Gasteiger partial charge in [-0.2, -0.15) is 0 Å². The van der Waals surface area contributed by atoms with Gasteiger partial charge in [-0.3, -0.25) is 4.79 Å². The average molecular weight is 344 g/mol. The first-order valence-corrected chi connectivity index (χ1v) is 10.2. The van der Waals surface area contributed by atoms with Crippen molar-refractivity contribution >= 4 is 5.97 Å². The Morgan fingerprint density at radius 1 is 1.24 bits per heavy atom. The number of carbonyl (C=O) groups is 1. The zero-order valence-electron chi connectivity index (χ0n) is 16.0. The van der Waals surface area contributed by atoms with Gasteiger partial charge in [-0.1, -0.05) is 18.6 Å². The molecule has 3 fully saturated rings. The molecule has 4 aliphatic carbocycles. The minimum absolute atomic E-state index is 0.0241. The van der Waals surface area contributed by atoms with Gasteiger partial charge < -0.3 is 9.47 Å². The van der Waals surface area contributed by atoms with Crippen molar-refractivity contribution in [2.75, 3.05) is 7.11 Å². The van der Waals surface area contributed by atoms with Crippen LogP contribution in [0.1, 0.15) is 71.6 Å². The molecule has 0 heterocycles. The van der Waals surface area contributed by atoms with E-state index in [0.717, 1.165) is 37.0 Å². The summed E-state index contributed by atoms with van der Waals surface area (Å²) in [6.07, 6.45) is 12.4. The van der Waals surface area contributed by atoms with E-state index in [1.165, 1.54) is 37.7 Å². The van der Waals surface area contributed by atoms with Crippen molar-refractivity contribution in [2.24, 2.45) is 17.8 Å². The van der Waals surface area contributed by atoms with Crippen molar-refractivity contribution < 1.29 is 14.3 Å². The topological polar surface area (TPSA) is 35.5 Å². The van der Waals surface area contributed by atoms with E-state index in [2.05, 4.69) is 13.0 Å². The monoisotopic (exact) mass is 344 g/mol. The first kappa shape index (κ1) is 17.6. The SMILES string of the molecule is CCC(=O)O[C@H]1CC[C]2C(=CC[C@@H]3[C@@H]2CC[C]2[C@H]3CC[C@]2(C)OC)C1. The van der Waals surface area contributed by atoms with Crippen molar-refractivity contribution in [2.45, 2.75) is 83.3 Å². The fraction of sp³-hybridized carbons (Fsp3) is 0.773. The molecule has 0 spiro atoms. The lowest BCUT2D eigenvalue weighted by atomic mass is 9.56. The second-order valence-corrected chi connectivity index (χ2v) is 8.61. The number of hydrogen-bond donors (Lipinski definition) is 0. The largest absolute Gasteiger partial charge is 0.462 e. The number of rotatable bonds is 3. The second kappa shape index (κ2) is 6.72. The number of carbonyl (C=O) groups excluding carboxylic acids is 1. The third-order valence-electron chi connectivity index (χ3n) is 7.53. The molecular formula is C22H32O3. The Labute approximate surface area is 152 Å². The summed E-state index contributed by atoms with van der Waals surface area (Å²) in [5.74, 6) is 5.64. The van der Waals surface area contributed by atoms with E-state index in [9.17, 15) is 4.79 Å². The van der Waals surface area contributed by atoms with E-state index in [1.54, 1.807) is 11.8 Å². The van der Waals surface area contributed by atoms with Gasteiger partial charge in [-0.25, -0.2) is 0 Å². The molecule has 0 aromatic carbocycles. The lowest BCUT2D eigenvalue weighted by molar-refractivity contribution is -0.149. The summed E-state index contributed by atoms with van der Waals surface area (Å²) in [6.45, 7) is 4.17. The zero-order valence-corrected chi connectivity index (χ0v) is 16.0. The molecule has 3 nitrogen and oxygen atoms in total. The standard InChI is InChI=1S/C22H32O3/c1-4-21(23)25-15-6-8-16-14(13-15)5-7-18-17(16)9-10-20-19(18)11-12-22(20,2)24-3/h5,15,17-19H,4,6-13H2,1-3H3/t15-,17+,18+,19-,22-/m0/s1. The molecule has 2 radical (unpaired) electrons. The molecule has 0 unspecified atom stereocenters. The minimum atomic E-state index is -0.0514. The van der Waals surface area contributed by atoms with Crippen LogP contribution in [0.15, 0.2) is 11.6 Å². The molecule has 0 aliphatic heterocycles. The molecule has 0 aromatic rings. The number of esters is 1. The van der Waals surface area contributed by atoms with Gasteiger partial charge in [0.25, 0.3) is 0 Å². The Morgan fingerprint density at radius 3 is 2.84 bits per heavy atom. The van der Waals surface area contributed by atoms with Crippen molar-refractivity contribution in [1.29, 1.82) is 0 Å². The van der Waals surface area contributed by atoms with Crippen LogP contribution in [0.5, 0.6) is 0 Å². The molecule has 5 atom stereocenters. The van der Waals surface area contributed by atoms with Crippen LogP contribution in [0.3, 0.4) is 0 Å². The first-order chi connectivity index (χ1) is 12.1. The molecule has 138 valence electrons. The van der Waals surface area contributed by atoms with Gasteiger partial charge in [-0.05, 0) is 69.6 Å². The predicted octanol–water partition coefficient (Wildman–Crippen LogP) is 4.81. The molecule has 4 rings (SSSR count). The molecular weight excluding hydrogens is 312 g/mol. The Kier molecular flexibility index (Phi) is 4.72. The number of ether oxygens (including phenoxy) is 2. The van der Waals surface area contributed by atoms with Crippen LogP contribution in [0.4, 0.5) is 0 Å². The summed E-state index contributed by atoms with van der Waals surface area (Å²) < 4.78 is 11.5. The van der Waals surface area contributed by atoms with Crippen LogP contribution >= 0.6 is 0 Å². The maximum Gasteiger partial charge on any atom is 0.305 e. The number of methoxy groups -OCH3 is 1. The van der Waals surface area contributed by atoms with Gasteiger partial charge in [-0.15, -0.1) is 0 Å². The quantitative estimate of drug-likeness (QED) is 0.689. The molecule has 3 saturated carbocycles. The molecule has 0 N–H and O–H groups in total. The van der Waals surface area contributed by atoms with Crippen molar-refractivity contribution in [1.82, 2.24) is 0 Å². The van der Waals surface area contributed by atoms with Gasteiger partial charge >= 0.3 is 5.97 Å². The van der Waals surface area contributed by atoms with E-state index in [0.29, 0.717) is 6.42 Å². The van der Waals surface area contributed by atoms with Crippen LogP contribution < -0.4 is 0 Å². The fourth-order valence-electron chi connectivity index (χ4n) is 6.12. The van der Waals surface area contributed by atoms with E-state index < -0.39 is 0 Å². The van der Waals surface area contributed by atoms with Gasteiger partial charge in [0.1, 0.15) is 6.10 Å². The average Bonchev–Trinajstić information content (AvgIpc) is 2.99. The maximum absolute atomic E-state index is 11.6. The Hall–Kier alpha value is -0.830. The van der Waals surface area contributed by atoms with E-state index in [-0.39, 0.29) is 17.7 Å². The molecule has 0 aromatic heterocycles. The highest BCUT2D eigenvalue weighted by Crippen LogP contribution is 2.60. The summed E-state index contributed by atoms with van der Waals surface area (Å²) in [5, 5.41) is 0. The summed E-state index contributed by atoms with van der Waals surface area (Å²) in [4.78, 5) is 11.6. The summed E-state index contributed by atoms with van der Waals surface area (Å²) in [7, 11) is 1.88. The molecule has 25 heavy (non-hydrogen) atoms. The van der Waals surface area contributed by atoms with E-state index in [1.807, 2.05) is 14.0 Å². The Balaban J connectivity index is 1.47. The molecule has 0 saturated heterocycles. The fourth-order valence-corrected chi connectivity index (χ4v) is 6.12. The minimum Gasteiger partial charge on any atom is -0.462 e. The van der Waals surface area contributed by atoms with Gasteiger partial charge in [0.15, 0.2) is 0 Å². The van der Waals surface area contributed by atoms with Crippen LogP contribution in [-0.4, -0.2) is 24.8 Å². The van der Waals surface area contributed by atoms with Crippen LogP contribution in [0.2, 0.25) is 0 Å². The Bertz CT molecular complexity index is 553. The zero-order chi connectivity index (χ0) is 17.6. The van der Waals surface area contributed by atoms with E-state index in [4.69, 9.17) is 9.47 Å². The summed E-state index contributed by atoms with van der Waals surface area (Å²) >= 11 is 0. The van der Waals surface area contributed by atoms with Crippen LogP contribution in [0.25, 0.3) is 0 Å². The molecule has 3 heteroatoms. The van der Waals surface area contributed by atoms with Gasteiger partial charge in [0.05, 0.1) is 5.60 Å². The smallest absolute Gasteiger partial charge is 0.305 e. The maximum atomic E-state index is 11.6. The van der Waals surface area contributed by atoms with E-state index >= 15 is 0 Å². The Morgan fingerprint density at radius 2 is 2.08 bits per heavy atom.